The van der Waals surface area contributed by atoms with Gasteiger partial charge in [0.2, 0.25) is 0 Å². The number of nitrogens with one attached hydrogen (secondary N) is 1. The molecular weight excluding hydrogens is 356 g/mol. The number of aliphatic hydroxyl groups is 1. The number of aromatic nitrogens is 2. The molecule has 1 aromatic carbocycles. The molecule has 4 rings (SSSR count). The molecule has 0 spiro atoms. The van der Waals surface area contributed by atoms with Gasteiger partial charge in [0.05, 0.1) is 30.1 Å². The van der Waals surface area contributed by atoms with Crippen molar-refractivity contribution in [3.63, 3.8) is 0 Å². The van der Waals surface area contributed by atoms with Crippen molar-refractivity contribution in [2.45, 2.75) is 6.61 Å². The van der Waals surface area contributed by atoms with Crippen LogP contribution in [-0.2, 0) is 6.61 Å². The fourth-order valence-electron chi connectivity index (χ4n) is 3.11. The van der Waals surface area contributed by atoms with Gasteiger partial charge in [-0.25, -0.2) is 9.78 Å². The van der Waals surface area contributed by atoms with E-state index in [-0.39, 0.29) is 12.6 Å². The average Bonchev–Trinajstić information content (AvgIpc) is 3.26. The molecule has 0 aliphatic carbocycles. The Labute approximate surface area is 154 Å². The number of hydrogen-bond donors (Lipinski definition) is 2. The van der Waals surface area contributed by atoms with Gasteiger partial charge in [-0.05, 0) is 23.8 Å². The van der Waals surface area contributed by atoms with Gasteiger partial charge >= 0.3 is 6.03 Å². The normalized spacial score (nSPS) is 14.1. The molecule has 1 aliphatic heterocycles. The molecule has 0 unspecified atom stereocenters. The highest BCUT2D eigenvalue weighted by molar-refractivity contribution is 6.32. The van der Waals surface area contributed by atoms with Crippen molar-refractivity contribution in [2.24, 2.45) is 0 Å². The molecule has 7 nitrogen and oxygen atoms in total. The van der Waals surface area contributed by atoms with E-state index < -0.39 is 0 Å². The summed E-state index contributed by atoms with van der Waals surface area (Å²) in [7, 11) is 1.53. The molecule has 0 bridgehead atoms. The molecule has 1 aliphatic rings. The predicted octanol–water partition coefficient (Wildman–Crippen LogP) is 2.69. The van der Waals surface area contributed by atoms with Crippen molar-refractivity contribution in [1.29, 1.82) is 0 Å². The molecule has 1 fully saturated rings. The van der Waals surface area contributed by atoms with E-state index in [4.69, 9.17) is 16.3 Å². The number of aliphatic hydroxyl groups excluding tert-OH is 1. The summed E-state index contributed by atoms with van der Waals surface area (Å²) in [5, 5.41) is 12.9. The molecule has 26 heavy (non-hydrogen) atoms. The van der Waals surface area contributed by atoms with Gasteiger partial charge in [0.1, 0.15) is 11.4 Å². The number of carbonyl (C=O) groups excluding carboxylic acids is 1. The molecule has 8 heteroatoms. The van der Waals surface area contributed by atoms with Gasteiger partial charge in [-0.15, -0.1) is 0 Å². The van der Waals surface area contributed by atoms with Crippen LogP contribution in [0.1, 0.15) is 5.56 Å². The van der Waals surface area contributed by atoms with E-state index in [1.807, 2.05) is 28.9 Å². The molecule has 2 aromatic heterocycles. The lowest BCUT2D eigenvalue weighted by Gasteiger charge is -2.13. The number of imidazole rings is 1. The summed E-state index contributed by atoms with van der Waals surface area (Å²) in [5.74, 6) is 0.505. The van der Waals surface area contributed by atoms with E-state index in [9.17, 15) is 9.90 Å². The standard InChI is InChI=1S/C18H17ClN4O3/c1-26-16-6-11(10-24)13(8-14(16)19)15-9-22-4-2-12(7-17(22)21-15)23-5-3-20-18(23)25/h2,4,6-9,24H,3,5,10H2,1H3,(H,20,25). The topological polar surface area (TPSA) is 79.1 Å². The fraction of sp³-hybridized carbons (Fsp3) is 0.222. The minimum atomic E-state index is -0.157. The Hall–Kier alpha value is -2.77. The van der Waals surface area contributed by atoms with Crippen LogP contribution in [0.2, 0.25) is 5.02 Å². The van der Waals surface area contributed by atoms with Crippen molar-refractivity contribution in [3.8, 4) is 17.0 Å². The highest BCUT2D eigenvalue weighted by Gasteiger charge is 2.21. The zero-order chi connectivity index (χ0) is 18.3. The smallest absolute Gasteiger partial charge is 0.321 e. The lowest BCUT2D eigenvalue weighted by molar-refractivity contribution is 0.252. The first kappa shape index (κ1) is 16.7. The summed E-state index contributed by atoms with van der Waals surface area (Å²) < 4.78 is 7.08. The van der Waals surface area contributed by atoms with Crippen LogP contribution in [0.25, 0.3) is 16.9 Å². The number of rotatable bonds is 4. The first-order valence-corrected chi connectivity index (χ1v) is 8.50. The molecule has 134 valence electrons. The van der Waals surface area contributed by atoms with Gasteiger partial charge < -0.3 is 19.6 Å². The summed E-state index contributed by atoms with van der Waals surface area (Å²) in [6.07, 6.45) is 3.72. The van der Waals surface area contributed by atoms with E-state index in [1.54, 1.807) is 17.0 Å². The second kappa shape index (κ2) is 6.51. The molecule has 2 amide bonds. The van der Waals surface area contributed by atoms with Gasteiger partial charge in [-0.2, -0.15) is 0 Å². The largest absolute Gasteiger partial charge is 0.495 e. The SMILES string of the molecule is COc1cc(CO)c(-c2cn3ccc(N4CCNC4=O)cc3n2)cc1Cl. The molecule has 2 N–H and O–H groups in total. The first-order valence-electron chi connectivity index (χ1n) is 8.12. The van der Waals surface area contributed by atoms with E-state index in [1.165, 1.54) is 7.11 Å². The molecule has 0 radical (unpaired) electrons. The quantitative estimate of drug-likeness (QED) is 0.738. The van der Waals surface area contributed by atoms with E-state index >= 15 is 0 Å². The van der Waals surface area contributed by atoms with Crippen molar-refractivity contribution < 1.29 is 14.6 Å². The van der Waals surface area contributed by atoms with E-state index in [0.29, 0.717) is 40.8 Å². The fourth-order valence-corrected chi connectivity index (χ4v) is 3.35. The first-order chi connectivity index (χ1) is 12.6. The second-order valence-corrected chi connectivity index (χ2v) is 6.37. The number of hydrogen-bond acceptors (Lipinski definition) is 4. The number of amides is 2. The molecule has 3 aromatic rings. The number of fused-ring (bicyclic) bond motifs is 1. The van der Waals surface area contributed by atoms with Gasteiger partial charge in [0, 0.05) is 37.1 Å². The van der Waals surface area contributed by atoms with Crippen LogP contribution in [0.5, 0.6) is 5.75 Å². The predicted molar refractivity (Wildman–Crippen MR) is 98.9 cm³/mol. The van der Waals surface area contributed by atoms with Crippen molar-refractivity contribution in [1.82, 2.24) is 14.7 Å². The third kappa shape index (κ3) is 2.75. The average molecular weight is 373 g/mol. The number of methoxy groups -OCH3 is 1. The number of ether oxygens (including phenoxy) is 1. The van der Waals surface area contributed by atoms with Crippen LogP contribution in [0.3, 0.4) is 0 Å². The second-order valence-electron chi connectivity index (χ2n) is 5.96. The van der Waals surface area contributed by atoms with Crippen molar-refractivity contribution >= 4 is 29.0 Å². The van der Waals surface area contributed by atoms with Crippen LogP contribution in [0.4, 0.5) is 10.5 Å². The number of carbonyl (C=O) groups is 1. The van der Waals surface area contributed by atoms with Crippen LogP contribution in [0, 0.1) is 0 Å². The van der Waals surface area contributed by atoms with Gasteiger partial charge in [-0.1, -0.05) is 11.6 Å². The molecule has 0 atom stereocenters. The third-order valence-corrected chi connectivity index (χ3v) is 4.73. The number of pyridine rings is 1. The molecule has 0 saturated carbocycles. The van der Waals surface area contributed by atoms with E-state index in [2.05, 4.69) is 10.3 Å². The van der Waals surface area contributed by atoms with Crippen molar-refractivity contribution in [3.05, 3.63) is 47.2 Å². The van der Waals surface area contributed by atoms with Crippen LogP contribution in [0.15, 0.2) is 36.7 Å². The van der Waals surface area contributed by atoms with Gasteiger partial charge in [0.15, 0.2) is 0 Å². The molecule has 3 heterocycles. The van der Waals surface area contributed by atoms with Crippen LogP contribution in [-0.4, -0.2) is 40.7 Å². The minimum Gasteiger partial charge on any atom is -0.495 e. The summed E-state index contributed by atoms with van der Waals surface area (Å²) in [6.45, 7) is 1.11. The summed E-state index contributed by atoms with van der Waals surface area (Å²) in [4.78, 5) is 18.2. The Balaban J connectivity index is 1.78. The summed E-state index contributed by atoms with van der Waals surface area (Å²) in [6, 6.07) is 7.07. The van der Waals surface area contributed by atoms with E-state index in [0.717, 1.165) is 11.3 Å². The van der Waals surface area contributed by atoms with Crippen LogP contribution < -0.4 is 15.0 Å². The van der Waals surface area contributed by atoms with Crippen molar-refractivity contribution in [2.75, 3.05) is 25.1 Å². The maximum Gasteiger partial charge on any atom is 0.321 e. The number of urea groups is 1. The Morgan fingerprint density at radius 3 is 2.92 bits per heavy atom. The number of halogens is 1. The summed E-state index contributed by atoms with van der Waals surface area (Å²) in [5.41, 5.74) is 3.59. The number of anilines is 1. The maximum atomic E-state index is 11.9. The minimum absolute atomic E-state index is 0.106. The maximum absolute atomic E-state index is 11.9. The molecular formula is C18H17ClN4O3. The lowest BCUT2D eigenvalue weighted by atomic mass is 10.1. The number of nitrogens with zero attached hydrogens (tertiary/aromatic N) is 3. The van der Waals surface area contributed by atoms with Gasteiger partial charge in [-0.3, -0.25) is 4.90 Å². The van der Waals surface area contributed by atoms with Crippen LogP contribution >= 0.6 is 11.6 Å². The summed E-state index contributed by atoms with van der Waals surface area (Å²) >= 11 is 6.24. The monoisotopic (exact) mass is 372 g/mol. The Morgan fingerprint density at radius 1 is 1.38 bits per heavy atom. The van der Waals surface area contributed by atoms with Gasteiger partial charge in [0.25, 0.3) is 0 Å². The Kier molecular flexibility index (Phi) is 4.18. The Morgan fingerprint density at radius 2 is 2.23 bits per heavy atom. The zero-order valence-electron chi connectivity index (χ0n) is 14.1. The lowest BCUT2D eigenvalue weighted by Crippen LogP contribution is -2.27. The molecule has 1 saturated heterocycles. The Bertz CT molecular complexity index is 1000. The number of benzene rings is 1. The highest BCUT2D eigenvalue weighted by atomic mass is 35.5. The highest BCUT2D eigenvalue weighted by Crippen LogP contribution is 2.34. The zero-order valence-corrected chi connectivity index (χ0v) is 14.8. The third-order valence-electron chi connectivity index (χ3n) is 4.44.